The number of methoxy groups -OCH3 is 1. The lowest BCUT2D eigenvalue weighted by atomic mass is 10.1. The van der Waals surface area contributed by atoms with E-state index in [-0.39, 0.29) is 12.3 Å². The minimum Gasteiger partial charge on any atom is -0.496 e. The first kappa shape index (κ1) is 17.3. The lowest BCUT2D eigenvalue weighted by Crippen LogP contribution is -2.33. The second-order valence-corrected chi connectivity index (χ2v) is 6.67. The Morgan fingerprint density at radius 3 is 2.41 bits per heavy atom. The lowest BCUT2D eigenvalue weighted by molar-refractivity contribution is -0.118. The maximum atomic E-state index is 13.2. The van der Waals surface area contributed by atoms with Gasteiger partial charge in [0.1, 0.15) is 5.75 Å². The van der Waals surface area contributed by atoms with Crippen molar-refractivity contribution in [2.75, 3.05) is 37.0 Å². The van der Waals surface area contributed by atoms with Gasteiger partial charge in [0.05, 0.1) is 24.6 Å². The predicted molar refractivity (Wildman–Crippen MR) is 106 cm³/mol. The Morgan fingerprint density at radius 1 is 1.00 bits per heavy atom. The number of para-hydroxylation sites is 3. The Kier molecular flexibility index (Phi) is 4.62. The van der Waals surface area contributed by atoms with Crippen molar-refractivity contribution in [2.45, 2.75) is 12.8 Å². The maximum Gasteiger partial charge on any atom is 0.232 e. The monoisotopic (exact) mass is 362 g/mol. The number of carbonyl (C=O) groups is 1. The summed E-state index contributed by atoms with van der Waals surface area (Å²) in [7, 11) is 3.62. The molecular weight excluding hydrogens is 340 g/mol. The molecule has 27 heavy (non-hydrogen) atoms. The zero-order valence-electron chi connectivity index (χ0n) is 15.6. The number of benzene rings is 2. The van der Waals surface area contributed by atoms with Gasteiger partial charge in [-0.1, -0.05) is 30.3 Å². The number of amides is 1. The minimum atomic E-state index is 0.000584. The Balaban J connectivity index is 1.74. The fourth-order valence-corrected chi connectivity index (χ4v) is 3.45. The van der Waals surface area contributed by atoms with Gasteiger partial charge in [-0.25, -0.2) is 9.97 Å². The molecule has 0 spiro atoms. The van der Waals surface area contributed by atoms with E-state index in [9.17, 15) is 4.79 Å². The smallest absolute Gasteiger partial charge is 0.232 e. The van der Waals surface area contributed by atoms with E-state index in [0.717, 1.165) is 41.1 Å². The van der Waals surface area contributed by atoms with Gasteiger partial charge in [0.2, 0.25) is 5.91 Å². The standard InChI is InChI=1S/C21H22N4O2/c1-24-12-7-13-25(19(26)14-15-8-3-6-11-18(15)27-2)21-20(24)22-16-9-4-5-10-17(16)23-21/h3-6,8-11H,7,12-14H2,1-2H3. The molecule has 0 bridgehead atoms. The van der Waals surface area contributed by atoms with Crippen molar-refractivity contribution in [3.8, 4) is 5.75 Å². The number of aromatic nitrogens is 2. The van der Waals surface area contributed by atoms with E-state index in [2.05, 4.69) is 4.90 Å². The Labute approximate surface area is 158 Å². The molecule has 6 heteroatoms. The number of carbonyl (C=O) groups excluding carboxylic acids is 1. The highest BCUT2D eigenvalue weighted by Crippen LogP contribution is 2.31. The van der Waals surface area contributed by atoms with Crippen molar-refractivity contribution in [2.24, 2.45) is 0 Å². The number of anilines is 2. The van der Waals surface area contributed by atoms with Crippen LogP contribution in [0.25, 0.3) is 11.0 Å². The van der Waals surface area contributed by atoms with E-state index in [1.165, 1.54) is 0 Å². The van der Waals surface area contributed by atoms with Gasteiger partial charge in [0, 0.05) is 25.7 Å². The van der Waals surface area contributed by atoms with Crippen LogP contribution in [-0.2, 0) is 11.2 Å². The molecule has 1 aromatic heterocycles. The summed E-state index contributed by atoms with van der Waals surface area (Å²) in [5.74, 6) is 2.11. The molecule has 0 N–H and O–H groups in total. The lowest BCUT2D eigenvalue weighted by Gasteiger charge is -2.23. The second-order valence-electron chi connectivity index (χ2n) is 6.67. The van der Waals surface area contributed by atoms with Gasteiger partial charge >= 0.3 is 0 Å². The fourth-order valence-electron chi connectivity index (χ4n) is 3.45. The third-order valence-electron chi connectivity index (χ3n) is 4.86. The van der Waals surface area contributed by atoms with Gasteiger partial charge in [-0.3, -0.25) is 9.69 Å². The fraction of sp³-hybridized carbons (Fsp3) is 0.286. The molecular formula is C21H22N4O2. The topological polar surface area (TPSA) is 58.6 Å². The van der Waals surface area contributed by atoms with Crippen LogP contribution in [-0.4, -0.2) is 43.1 Å². The number of ether oxygens (including phenoxy) is 1. The third kappa shape index (κ3) is 3.30. The molecule has 0 radical (unpaired) electrons. The Morgan fingerprint density at radius 2 is 1.67 bits per heavy atom. The van der Waals surface area contributed by atoms with Gasteiger partial charge in [-0.2, -0.15) is 0 Å². The van der Waals surface area contributed by atoms with E-state index in [4.69, 9.17) is 14.7 Å². The second kappa shape index (κ2) is 7.23. The molecule has 2 heterocycles. The molecule has 0 saturated heterocycles. The van der Waals surface area contributed by atoms with Crippen LogP contribution in [0.5, 0.6) is 5.75 Å². The van der Waals surface area contributed by atoms with Gasteiger partial charge in [0.25, 0.3) is 0 Å². The molecule has 1 aliphatic rings. The minimum absolute atomic E-state index is 0.000584. The Hall–Kier alpha value is -3.15. The van der Waals surface area contributed by atoms with Crippen LogP contribution in [0.4, 0.5) is 11.6 Å². The third-order valence-corrected chi connectivity index (χ3v) is 4.86. The highest BCUT2D eigenvalue weighted by atomic mass is 16.5. The quantitative estimate of drug-likeness (QED) is 0.717. The predicted octanol–water partition coefficient (Wildman–Crippen LogP) is 3.05. The van der Waals surface area contributed by atoms with E-state index < -0.39 is 0 Å². The van der Waals surface area contributed by atoms with E-state index in [1.807, 2.05) is 55.6 Å². The highest BCUT2D eigenvalue weighted by molar-refractivity contribution is 5.98. The van der Waals surface area contributed by atoms with Gasteiger partial charge in [-0.05, 0) is 24.6 Å². The molecule has 1 amide bonds. The van der Waals surface area contributed by atoms with Crippen molar-refractivity contribution in [1.82, 2.24) is 9.97 Å². The molecule has 0 unspecified atom stereocenters. The summed E-state index contributed by atoms with van der Waals surface area (Å²) in [5, 5.41) is 0. The molecule has 3 aromatic rings. The van der Waals surface area contributed by atoms with Crippen LogP contribution in [0.2, 0.25) is 0 Å². The van der Waals surface area contributed by atoms with Crippen LogP contribution in [0.15, 0.2) is 48.5 Å². The van der Waals surface area contributed by atoms with Crippen molar-refractivity contribution in [1.29, 1.82) is 0 Å². The van der Waals surface area contributed by atoms with Crippen LogP contribution >= 0.6 is 0 Å². The molecule has 0 atom stereocenters. The largest absolute Gasteiger partial charge is 0.496 e. The van der Waals surface area contributed by atoms with Crippen molar-refractivity contribution in [3.63, 3.8) is 0 Å². The molecule has 138 valence electrons. The number of hydrogen-bond donors (Lipinski definition) is 0. The molecule has 2 aromatic carbocycles. The number of hydrogen-bond acceptors (Lipinski definition) is 5. The van der Waals surface area contributed by atoms with Crippen LogP contribution in [0, 0.1) is 0 Å². The van der Waals surface area contributed by atoms with Crippen LogP contribution in [0.3, 0.4) is 0 Å². The Bertz CT molecular complexity index is 989. The van der Waals surface area contributed by atoms with Crippen molar-refractivity contribution in [3.05, 3.63) is 54.1 Å². The van der Waals surface area contributed by atoms with Crippen LogP contribution < -0.4 is 14.5 Å². The molecule has 0 aliphatic carbocycles. The molecule has 1 aliphatic heterocycles. The average molecular weight is 362 g/mol. The van der Waals surface area contributed by atoms with Crippen molar-refractivity contribution < 1.29 is 9.53 Å². The van der Waals surface area contributed by atoms with Gasteiger partial charge in [-0.15, -0.1) is 0 Å². The molecule has 4 rings (SSSR count). The SMILES string of the molecule is COc1ccccc1CC(=O)N1CCCN(C)c2nc3ccccc3nc21. The molecule has 0 saturated carbocycles. The zero-order chi connectivity index (χ0) is 18.8. The first-order valence-corrected chi connectivity index (χ1v) is 9.07. The summed E-state index contributed by atoms with van der Waals surface area (Å²) in [5.41, 5.74) is 2.50. The maximum absolute atomic E-state index is 13.2. The normalized spacial score (nSPS) is 14.0. The first-order valence-electron chi connectivity index (χ1n) is 9.07. The van der Waals surface area contributed by atoms with Gasteiger partial charge < -0.3 is 9.64 Å². The first-order chi connectivity index (χ1) is 13.2. The summed E-state index contributed by atoms with van der Waals surface area (Å²) >= 11 is 0. The van der Waals surface area contributed by atoms with E-state index in [0.29, 0.717) is 12.4 Å². The number of rotatable bonds is 3. The summed E-state index contributed by atoms with van der Waals surface area (Å²) in [4.78, 5) is 26.6. The summed E-state index contributed by atoms with van der Waals surface area (Å²) in [6, 6.07) is 15.4. The van der Waals surface area contributed by atoms with Crippen LogP contribution in [0.1, 0.15) is 12.0 Å². The average Bonchev–Trinajstić information content (AvgIpc) is 2.85. The van der Waals surface area contributed by atoms with E-state index >= 15 is 0 Å². The number of fused-ring (bicyclic) bond motifs is 2. The highest BCUT2D eigenvalue weighted by Gasteiger charge is 2.27. The van der Waals surface area contributed by atoms with E-state index in [1.54, 1.807) is 12.0 Å². The number of nitrogens with zero attached hydrogens (tertiary/aromatic N) is 4. The zero-order valence-corrected chi connectivity index (χ0v) is 15.6. The molecule has 6 nitrogen and oxygen atoms in total. The summed E-state index contributed by atoms with van der Waals surface area (Å²) < 4.78 is 5.40. The summed E-state index contributed by atoms with van der Waals surface area (Å²) in [6.07, 6.45) is 1.13. The van der Waals surface area contributed by atoms with Gasteiger partial charge in [0.15, 0.2) is 11.6 Å². The molecule has 0 fully saturated rings. The summed E-state index contributed by atoms with van der Waals surface area (Å²) in [6.45, 7) is 1.46. The van der Waals surface area contributed by atoms with Crippen molar-refractivity contribution >= 4 is 28.6 Å².